The number of carbonyl (C=O) groups excluding carboxylic acids is 1. The molecule has 148 valence electrons. The average Bonchev–Trinajstić information content (AvgIpc) is 2.91. The fourth-order valence-corrected chi connectivity index (χ4v) is 3.36. The highest BCUT2D eigenvalue weighted by Crippen LogP contribution is 2.17. The number of aryl methyl sites for hydroxylation is 2. The Morgan fingerprint density at radius 2 is 1.89 bits per heavy atom. The van der Waals surface area contributed by atoms with E-state index >= 15 is 0 Å². The molecule has 0 saturated heterocycles. The maximum Gasteiger partial charge on any atom is 0.221 e. The quantitative estimate of drug-likeness (QED) is 0.308. The fraction of sp³-hybridized carbons (Fsp3) is 0.421. The Morgan fingerprint density at radius 1 is 1.19 bits per heavy atom. The molecule has 1 aromatic heterocycles. The molecule has 0 saturated carbocycles. The van der Waals surface area contributed by atoms with E-state index in [2.05, 4.69) is 32.9 Å². The van der Waals surface area contributed by atoms with E-state index in [1.165, 1.54) is 17.4 Å². The summed E-state index contributed by atoms with van der Waals surface area (Å²) in [5.41, 5.74) is 3.09. The van der Waals surface area contributed by atoms with Gasteiger partial charge in [0.2, 0.25) is 5.91 Å². The molecule has 2 rings (SSSR count). The van der Waals surface area contributed by atoms with Gasteiger partial charge in [-0.1, -0.05) is 12.1 Å². The Balaban J connectivity index is 0.00000364. The number of nitrogens with one attached hydrogen (secondary N) is 3. The third kappa shape index (κ3) is 8.25. The second-order valence-electron chi connectivity index (χ2n) is 5.99. The van der Waals surface area contributed by atoms with Crippen molar-refractivity contribution in [2.75, 3.05) is 18.4 Å². The normalized spacial score (nSPS) is 10.9. The number of hydrogen-bond donors (Lipinski definition) is 3. The van der Waals surface area contributed by atoms with E-state index in [0.29, 0.717) is 6.54 Å². The van der Waals surface area contributed by atoms with Crippen LogP contribution in [0.5, 0.6) is 0 Å². The van der Waals surface area contributed by atoms with E-state index < -0.39 is 0 Å². The van der Waals surface area contributed by atoms with Crippen LogP contribution in [0.2, 0.25) is 0 Å². The van der Waals surface area contributed by atoms with Crippen LogP contribution in [0, 0.1) is 13.8 Å². The smallest absolute Gasteiger partial charge is 0.221 e. The molecule has 0 aliphatic carbocycles. The lowest BCUT2D eigenvalue weighted by molar-refractivity contribution is -0.114. The molecule has 0 bridgehead atoms. The highest BCUT2D eigenvalue weighted by atomic mass is 127. The van der Waals surface area contributed by atoms with E-state index in [4.69, 9.17) is 0 Å². The molecule has 0 radical (unpaired) electrons. The van der Waals surface area contributed by atoms with Gasteiger partial charge in [0.05, 0.1) is 17.2 Å². The Bertz CT molecular complexity index is 758. The summed E-state index contributed by atoms with van der Waals surface area (Å²) >= 11 is 1.70. The van der Waals surface area contributed by atoms with Crippen LogP contribution < -0.4 is 16.0 Å². The van der Waals surface area contributed by atoms with Gasteiger partial charge in [0.1, 0.15) is 0 Å². The maximum absolute atomic E-state index is 11.0. The van der Waals surface area contributed by atoms with E-state index in [1.54, 1.807) is 11.3 Å². The minimum absolute atomic E-state index is 0. The first-order chi connectivity index (χ1) is 12.5. The van der Waals surface area contributed by atoms with Crippen LogP contribution in [0.1, 0.15) is 35.0 Å². The van der Waals surface area contributed by atoms with Gasteiger partial charge in [-0.3, -0.25) is 4.79 Å². The number of aromatic nitrogens is 1. The van der Waals surface area contributed by atoms with Crippen molar-refractivity contribution in [2.24, 2.45) is 4.99 Å². The van der Waals surface area contributed by atoms with Crippen LogP contribution in [-0.2, 0) is 17.8 Å². The second-order valence-corrected chi connectivity index (χ2v) is 7.28. The van der Waals surface area contributed by atoms with E-state index in [9.17, 15) is 4.79 Å². The molecule has 0 aliphatic heterocycles. The monoisotopic (exact) mass is 501 g/mol. The molecule has 3 N–H and O–H groups in total. The predicted octanol–water partition coefficient (Wildman–Crippen LogP) is 3.63. The summed E-state index contributed by atoms with van der Waals surface area (Å²) in [7, 11) is 0. The van der Waals surface area contributed by atoms with Crippen molar-refractivity contribution in [3.8, 4) is 0 Å². The van der Waals surface area contributed by atoms with Crippen molar-refractivity contribution in [3.63, 3.8) is 0 Å². The minimum Gasteiger partial charge on any atom is -0.357 e. The van der Waals surface area contributed by atoms with Crippen molar-refractivity contribution in [2.45, 2.75) is 40.7 Å². The van der Waals surface area contributed by atoms with E-state index in [1.807, 2.05) is 38.1 Å². The lowest BCUT2D eigenvalue weighted by Gasteiger charge is -2.11. The number of hydrogen-bond acceptors (Lipinski definition) is 4. The number of anilines is 1. The molecule has 1 heterocycles. The molecule has 1 amide bonds. The first-order valence-electron chi connectivity index (χ1n) is 8.79. The van der Waals surface area contributed by atoms with Gasteiger partial charge >= 0.3 is 0 Å². The number of aliphatic imine (C=N–C) groups is 1. The van der Waals surface area contributed by atoms with Gasteiger partial charge in [-0.25, -0.2) is 9.98 Å². The highest BCUT2D eigenvalue weighted by molar-refractivity contribution is 14.0. The highest BCUT2D eigenvalue weighted by Gasteiger charge is 2.05. The number of thiazole rings is 1. The predicted molar refractivity (Wildman–Crippen MR) is 124 cm³/mol. The van der Waals surface area contributed by atoms with Crippen molar-refractivity contribution < 1.29 is 4.79 Å². The van der Waals surface area contributed by atoms with Gasteiger partial charge in [0, 0.05) is 30.6 Å². The Morgan fingerprint density at radius 3 is 2.44 bits per heavy atom. The molecule has 0 spiro atoms. The van der Waals surface area contributed by atoms with Crippen LogP contribution in [0.25, 0.3) is 0 Å². The van der Waals surface area contributed by atoms with Gasteiger partial charge < -0.3 is 16.0 Å². The molecule has 27 heavy (non-hydrogen) atoms. The number of nitrogens with zero attached hydrogens (tertiary/aromatic N) is 2. The number of benzene rings is 1. The Labute approximate surface area is 182 Å². The molecule has 6 nitrogen and oxygen atoms in total. The van der Waals surface area contributed by atoms with Crippen LogP contribution in [0.15, 0.2) is 29.3 Å². The molecule has 8 heteroatoms. The molecular formula is C19H28IN5OS. The third-order valence-corrected chi connectivity index (χ3v) is 4.76. The summed E-state index contributed by atoms with van der Waals surface area (Å²) in [6.07, 6.45) is 0.878. The number of carbonyl (C=O) groups is 1. The SMILES string of the molecule is CCNC(=NCc1sc(C)nc1C)NCCc1ccc(NC(C)=O)cc1.I. The number of halogens is 1. The van der Waals surface area contributed by atoms with Crippen molar-refractivity contribution in [1.82, 2.24) is 15.6 Å². The zero-order chi connectivity index (χ0) is 18.9. The summed E-state index contributed by atoms with van der Waals surface area (Å²) in [5, 5.41) is 10.5. The first-order valence-corrected chi connectivity index (χ1v) is 9.61. The topological polar surface area (TPSA) is 78.4 Å². The number of rotatable bonds is 7. The van der Waals surface area contributed by atoms with E-state index in [0.717, 1.165) is 41.9 Å². The molecule has 0 fully saturated rings. The van der Waals surface area contributed by atoms with Crippen molar-refractivity contribution >= 4 is 52.9 Å². The molecule has 0 aliphatic rings. The van der Waals surface area contributed by atoms with Gasteiger partial charge in [-0.05, 0) is 44.9 Å². The number of guanidine groups is 1. The summed E-state index contributed by atoms with van der Waals surface area (Å²) in [6, 6.07) is 7.90. The van der Waals surface area contributed by atoms with Crippen LogP contribution >= 0.6 is 35.3 Å². The van der Waals surface area contributed by atoms with Gasteiger partial charge in [0.25, 0.3) is 0 Å². The summed E-state index contributed by atoms with van der Waals surface area (Å²) in [4.78, 5) is 21.3. The van der Waals surface area contributed by atoms with Gasteiger partial charge in [0.15, 0.2) is 5.96 Å². The Hall–Kier alpha value is -1.68. The van der Waals surface area contributed by atoms with Crippen LogP contribution in [0.4, 0.5) is 5.69 Å². The van der Waals surface area contributed by atoms with Gasteiger partial charge in [-0.15, -0.1) is 35.3 Å². The molecule has 0 atom stereocenters. The summed E-state index contributed by atoms with van der Waals surface area (Å²) in [6.45, 7) is 9.85. The maximum atomic E-state index is 11.0. The summed E-state index contributed by atoms with van der Waals surface area (Å²) in [5.74, 6) is 0.755. The first kappa shape index (κ1) is 23.4. The van der Waals surface area contributed by atoms with Crippen molar-refractivity contribution in [1.29, 1.82) is 0 Å². The van der Waals surface area contributed by atoms with Gasteiger partial charge in [-0.2, -0.15) is 0 Å². The number of amides is 1. The minimum atomic E-state index is -0.0581. The van der Waals surface area contributed by atoms with Crippen molar-refractivity contribution in [3.05, 3.63) is 45.4 Å². The lowest BCUT2D eigenvalue weighted by Crippen LogP contribution is -2.38. The lowest BCUT2D eigenvalue weighted by atomic mass is 10.1. The molecule has 1 aromatic carbocycles. The zero-order valence-electron chi connectivity index (χ0n) is 16.3. The largest absolute Gasteiger partial charge is 0.357 e. The summed E-state index contributed by atoms with van der Waals surface area (Å²) < 4.78 is 0. The standard InChI is InChI=1S/C19H27N5OS.HI/c1-5-20-19(22-12-18-13(2)23-15(4)26-18)21-11-10-16-6-8-17(9-7-16)24-14(3)25;/h6-9H,5,10-12H2,1-4H3,(H,24,25)(H2,20,21,22);1H. The fourth-order valence-electron chi connectivity index (χ4n) is 2.50. The molecular weight excluding hydrogens is 473 g/mol. The van der Waals surface area contributed by atoms with E-state index in [-0.39, 0.29) is 29.9 Å². The Kier molecular flexibility index (Phi) is 10.3. The molecule has 0 unspecified atom stereocenters. The van der Waals surface area contributed by atoms with Crippen LogP contribution in [0.3, 0.4) is 0 Å². The average molecular weight is 501 g/mol. The third-order valence-electron chi connectivity index (χ3n) is 3.71. The second kappa shape index (κ2) is 11.9. The molecule has 2 aromatic rings. The zero-order valence-corrected chi connectivity index (χ0v) is 19.4. The van der Waals surface area contributed by atoms with Crippen LogP contribution in [-0.4, -0.2) is 29.9 Å².